The van der Waals surface area contributed by atoms with Crippen molar-refractivity contribution in [2.45, 2.75) is 10.6 Å². The summed E-state index contributed by atoms with van der Waals surface area (Å²) < 4.78 is 62.3. The lowest BCUT2D eigenvalue weighted by Crippen LogP contribution is -2.09. The fraction of sp³-hybridized carbons (Fsp3) is 0.143. The van der Waals surface area contributed by atoms with Crippen molar-refractivity contribution in [3.8, 4) is 16.9 Å². The van der Waals surface area contributed by atoms with Crippen molar-refractivity contribution in [1.29, 1.82) is 0 Å². The number of anilines is 1. The number of hydrogen-bond donors (Lipinski definition) is 1. The molecule has 2 heterocycles. The molecule has 0 aliphatic rings. The monoisotopic (exact) mass is 478 g/mol. The number of ether oxygens (including phenoxy) is 1. The highest BCUT2D eigenvalue weighted by atomic mass is 35.5. The molecule has 0 unspecified atom stereocenters. The van der Waals surface area contributed by atoms with Gasteiger partial charge in [0.15, 0.2) is 9.84 Å². The molecule has 0 bridgehead atoms. The summed E-state index contributed by atoms with van der Waals surface area (Å²) in [5.41, 5.74) is 6.88. The Morgan fingerprint density at radius 3 is 2.66 bits per heavy atom. The molecule has 11 heteroatoms. The zero-order valence-electron chi connectivity index (χ0n) is 16.9. The molecule has 4 rings (SSSR count). The second-order valence-corrected chi connectivity index (χ2v) is 9.43. The number of nitrogens with zero attached hydrogens (tertiary/aromatic N) is 3. The number of benzene rings is 2. The van der Waals surface area contributed by atoms with Crippen LogP contribution >= 0.6 is 11.6 Å². The van der Waals surface area contributed by atoms with Crippen molar-refractivity contribution in [2.75, 3.05) is 12.8 Å². The quantitative estimate of drug-likeness (QED) is 0.463. The number of rotatable bonds is 5. The van der Waals surface area contributed by atoms with Crippen molar-refractivity contribution in [2.24, 2.45) is 7.05 Å². The van der Waals surface area contributed by atoms with Crippen LogP contribution in [0.15, 0.2) is 47.8 Å². The topological polar surface area (TPSA) is 100 Å². The number of aryl methyl sites for hydroxylation is 1. The smallest absolute Gasteiger partial charge is 0.185 e. The molecule has 166 valence electrons. The van der Waals surface area contributed by atoms with Crippen molar-refractivity contribution in [3.63, 3.8) is 0 Å². The van der Waals surface area contributed by atoms with E-state index in [0.29, 0.717) is 16.6 Å². The normalized spacial score (nSPS) is 11.8. The third kappa shape index (κ3) is 3.65. The van der Waals surface area contributed by atoms with Crippen molar-refractivity contribution in [1.82, 2.24) is 14.5 Å². The van der Waals surface area contributed by atoms with Crippen LogP contribution in [-0.4, -0.2) is 30.1 Å². The largest absolute Gasteiger partial charge is 0.495 e. The summed E-state index contributed by atoms with van der Waals surface area (Å²) >= 11 is 5.96. The van der Waals surface area contributed by atoms with E-state index in [9.17, 15) is 12.8 Å². The third-order valence-electron chi connectivity index (χ3n) is 5.04. The summed E-state index contributed by atoms with van der Waals surface area (Å²) in [6, 6.07) is 6.16. The van der Waals surface area contributed by atoms with E-state index < -0.39 is 32.1 Å². The SMILES string of the molecule is COc1cc(F)c(S(=O)(=O)Cc2cccc(-c3cn(C)c4ncnc(N)c34)c2F)cc1Cl. The van der Waals surface area contributed by atoms with Gasteiger partial charge in [-0.05, 0) is 6.07 Å². The summed E-state index contributed by atoms with van der Waals surface area (Å²) in [5.74, 6) is -2.43. The molecule has 0 atom stereocenters. The van der Waals surface area contributed by atoms with Gasteiger partial charge in [-0.2, -0.15) is 0 Å². The first-order chi connectivity index (χ1) is 15.1. The Morgan fingerprint density at radius 1 is 1.19 bits per heavy atom. The molecule has 4 aromatic rings. The molecule has 0 radical (unpaired) electrons. The Labute approximate surface area is 187 Å². The Balaban J connectivity index is 1.81. The van der Waals surface area contributed by atoms with E-state index in [-0.39, 0.29) is 27.7 Å². The van der Waals surface area contributed by atoms with Gasteiger partial charge >= 0.3 is 0 Å². The van der Waals surface area contributed by atoms with Crippen LogP contribution in [0, 0.1) is 11.6 Å². The number of fused-ring (bicyclic) bond motifs is 1. The molecule has 0 fully saturated rings. The first-order valence-electron chi connectivity index (χ1n) is 9.23. The summed E-state index contributed by atoms with van der Waals surface area (Å²) in [6.07, 6.45) is 2.94. The second-order valence-electron chi connectivity index (χ2n) is 7.07. The second kappa shape index (κ2) is 8.03. The zero-order valence-corrected chi connectivity index (χ0v) is 18.5. The zero-order chi connectivity index (χ0) is 23.2. The minimum Gasteiger partial charge on any atom is -0.495 e. The van der Waals surface area contributed by atoms with Crippen LogP contribution in [0.3, 0.4) is 0 Å². The standard InChI is InChI=1S/C21H17ClF2N4O3S/c1-28-8-13(18-20(25)26-10-27-21(18)28)12-5-3-4-11(19(12)24)9-32(29,30)17-6-14(22)16(31-2)7-15(17)23/h3-8,10H,9H2,1-2H3,(H2,25,26,27). The number of methoxy groups -OCH3 is 1. The van der Waals surface area contributed by atoms with Crippen LogP contribution in [0.25, 0.3) is 22.2 Å². The van der Waals surface area contributed by atoms with Crippen molar-refractivity contribution >= 4 is 38.3 Å². The summed E-state index contributed by atoms with van der Waals surface area (Å²) in [4.78, 5) is 7.48. The summed E-state index contributed by atoms with van der Waals surface area (Å²) in [7, 11) is -1.27. The van der Waals surface area contributed by atoms with Gasteiger partial charge in [-0.25, -0.2) is 27.2 Å². The molecule has 0 saturated carbocycles. The lowest BCUT2D eigenvalue weighted by molar-refractivity contribution is 0.410. The van der Waals surface area contributed by atoms with Gasteiger partial charge in [-0.1, -0.05) is 29.8 Å². The number of aromatic nitrogens is 3. The van der Waals surface area contributed by atoms with Gasteiger partial charge in [0.2, 0.25) is 0 Å². The van der Waals surface area contributed by atoms with Gasteiger partial charge < -0.3 is 15.0 Å². The van der Waals surface area contributed by atoms with Crippen LogP contribution in [0.2, 0.25) is 5.02 Å². The Hall–Kier alpha value is -3.24. The predicted octanol–water partition coefficient (Wildman–Crippen LogP) is 4.13. The average molecular weight is 479 g/mol. The molecule has 0 aliphatic carbocycles. The van der Waals surface area contributed by atoms with Crippen LogP contribution in [0.1, 0.15) is 5.56 Å². The minimum absolute atomic E-state index is 0.00735. The Kier molecular flexibility index (Phi) is 5.51. The highest BCUT2D eigenvalue weighted by molar-refractivity contribution is 7.90. The van der Waals surface area contributed by atoms with Gasteiger partial charge in [0.05, 0.1) is 23.3 Å². The van der Waals surface area contributed by atoms with E-state index >= 15 is 4.39 Å². The van der Waals surface area contributed by atoms with Crippen LogP contribution in [0.5, 0.6) is 5.75 Å². The van der Waals surface area contributed by atoms with Gasteiger partial charge in [-0.15, -0.1) is 0 Å². The van der Waals surface area contributed by atoms with Gasteiger partial charge in [-0.3, -0.25) is 0 Å². The molecule has 0 aliphatic heterocycles. The first-order valence-corrected chi connectivity index (χ1v) is 11.3. The predicted molar refractivity (Wildman–Crippen MR) is 117 cm³/mol. The highest BCUT2D eigenvalue weighted by Crippen LogP contribution is 2.36. The van der Waals surface area contributed by atoms with Gasteiger partial charge in [0.25, 0.3) is 0 Å². The molecule has 0 spiro atoms. The number of halogens is 3. The fourth-order valence-electron chi connectivity index (χ4n) is 3.53. The van der Waals surface area contributed by atoms with Gasteiger partial charge in [0.1, 0.15) is 40.1 Å². The maximum absolute atomic E-state index is 15.5. The van der Waals surface area contributed by atoms with Crippen LogP contribution < -0.4 is 10.5 Å². The Bertz CT molecular complexity index is 1470. The summed E-state index contributed by atoms with van der Waals surface area (Å²) in [6.45, 7) is 0. The molecule has 7 nitrogen and oxygen atoms in total. The number of nitrogen functional groups attached to an aromatic ring is 1. The number of hydrogen-bond acceptors (Lipinski definition) is 6. The Morgan fingerprint density at radius 2 is 1.94 bits per heavy atom. The van der Waals surface area contributed by atoms with E-state index in [2.05, 4.69) is 9.97 Å². The van der Waals surface area contributed by atoms with Gasteiger partial charge in [0, 0.05) is 36.0 Å². The minimum atomic E-state index is -4.27. The lowest BCUT2D eigenvalue weighted by atomic mass is 10.0. The van der Waals surface area contributed by atoms with Crippen LogP contribution in [-0.2, 0) is 22.6 Å². The number of sulfone groups is 1. The lowest BCUT2D eigenvalue weighted by Gasteiger charge is -2.11. The van der Waals surface area contributed by atoms with E-state index in [1.54, 1.807) is 17.8 Å². The average Bonchev–Trinajstić information content (AvgIpc) is 3.08. The maximum Gasteiger partial charge on any atom is 0.185 e. The molecule has 2 aromatic heterocycles. The van der Waals surface area contributed by atoms with E-state index in [1.807, 2.05) is 0 Å². The third-order valence-corrected chi connectivity index (χ3v) is 7.01. The molecule has 0 saturated heterocycles. The molecule has 2 N–H and O–H groups in total. The fourth-order valence-corrected chi connectivity index (χ4v) is 5.27. The van der Waals surface area contributed by atoms with Crippen molar-refractivity contribution < 1.29 is 21.9 Å². The molecular formula is C21H17ClF2N4O3S. The van der Waals surface area contributed by atoms with E-state index in [4.69, 9.17) is 22.1 Å². The molecule has 2 aromatic carbocycles. The number of nitrogens with two attached hydrogens (primary N) is 1. The molecular weight excluding hydrogens is 462 g/mol. The van der Waals surface area contributed by atoms with E-state index in [1.165, 1.54) is 31.6 Å². The first kappa shape index (κ1) is 22.0. The van der Waals surface area contributed by atoms with Crippen LogP contribution in [0.4, 0.5) is 14.6 Å². The summed E-state index contributed by atoms with van der Waals surface area (Å²) in [5, 5.41) is 0.370. The van der Waals surface area contributed by atoms with Crippen molar-refractivity contribution in [3.05, 3.63) is 65.1 Å². The van der Waals surface area contributed by atoms with E-state index in [0.717, 1.165) is 12.1 Å². The highest BCUT2D eigenvalue weighted by Gasteiger charge is 2.25. The maximum atomic E-state index is 15.5. The molecule has 32 heavy (non-hydrogen) atoms. The molecule has 0 amide bonds.